The summed E-state index contributed by atoms with van der Waals surface area (Å²) >= 11 is 9.52. The predicted octanol–water partition coefficient (Wildman–Crippen LogP) is 3.13. The average Bonchev–Trinajstić information content (AvgIpc) is 2.68. The van der Waals surface area contributed by atoms with E-state index < -0.39 is 0 Å². The molecule has 0 amide bonds. The van der Waals surface area contributed by atoms with Gasteiger partial charge in [0.1, 0.15) is 0 Å². The van der Waals surface area contributed by atoms with Crippen molar-refractivity contribution in [3.63, 3.8) is 0 Å². The molecule has 90 valence electrons. The van der Waals surface area contributed by atoms with E-state index in [1.165, 1.54) is 0 Å². The van der Waals surface area contributed by atoms with Crippen LogP contribution < -0.4 is 5.32 Å². The van der Waals surface area contributed by atoms with Crippen molar-refractivity contribution in [1.82, 2.24) is 15.1 Å². The van der Waals surface area contributed by atoms with Gasteiger partial charge in [-0.3, -0.25) is 4.68 Å². The van der Waals surface area contributed by atoms with Crippen molar-refractivity contribution >= 4 is 27.5 Å². The molecule has 0 aliphatic heterocycles. The van der Waals surface area contributed by atoms with Gasteiger partial charge in [-0.1, -0.05) is 33.6 Å². The van der Waals surface area contributed by atoms with Crippen LogP contribution in [0.25, 0.3) is 0 Å². The van der Waals surface area contributed by atoms with Crippen LogP contribution in [0.15, 0.2) is 34.9 Å². The van der Waals surface area contributed by atoms with E-state index >= 15 is 0 Å². The summed E-state index contributed by atoms with van der Waals surface area (Å²) < 4.78 is 2.86. The molecule has 1 aromatic heterocycles. The third-order valence-electron chi connectivity index (χ3n) is 2.56. The summed E-state index contributed by atoms with van der Waals surface area (Å²) in [5, 5.41) is 8.24. The van der Waals surface area contributed by atoms with E-state index in [0.717, 1.165) is 33.8 Å². The maximum Gasteiger partial charge on any atom is 0.0518 e. The van der Waals surface area contributed by atoms with Crippen LogP contribution in [0.4, 0.5) is 0 Å². The number of aryl methyl sites for hydroxylation is 1. The van der Waals surface area contributed by atoms with Gasteiger partial charge in [-0.15, -0.1) is 0 Å². The van der Waals surface area contributed by atoms with Crippen molar-refractivity contribution in [2.24, 2.45) is 7.05 Å². The maximum absolute atomic E-state index is 6.13. The van der Waals surface area contributed by atoms with Gasteiger partial charge in [-0.05, 0) is 23.8 Å². The van der Waals surface area contributed by atoms with Gasteiger partial charge in [0.05, 0.1) is 5.69 Å². The lowest BCUT2D eigenvalue weighted by molar-refractivity contribution is 0.626. The molecule has 0 bridgehead atoms. The van der Waals surface area contributed by atoms with Gasteiger partial charge in [0.15, 0.2) is 0 Å². The van der Waals surface area contributed by atoms with Crippen LogP contribution in [0.1, 0.15) is 11.3 Å². The molecule has 1 N–H and O–H groups in total. The quantitative estimate of drug-likeness (QED) is 0.939. The van der Waals surface area contributed by atoms with E-state index in [9.17, 15) is 0 Å². The number of halogens is 2. The van der Waals surface area contributed by atoms with Crippen LogP contribution in [0.5, 0.6) is 0 Å². The van der Waals surface area contributed by atoms with E-state index in [1.807, 2.05) is 36.0 Å². The molecule has 1 heterocycles. The minimum atomic E-state index is 0.747. The van der Waals surface area contributed by atoms with Gasteiger partial charge >= 0.3 is 0 Å². The molecule has 0 saturated heterocycles. The Balaban J connectivity index is 1.92. The molecule has 17 heavy (non-hydrogen) atoms. The normalized spacial score (nSPS) is 10.8. The first kappa shape index (κ1) is 12.6. The second-order valence-electron chi connectivity index (χ2n) is 3.79. The zero-order chi connectivity index (χ0) is 12.3. The van der Waals surface area contributed by atoms with E-state index in [1.54, 1.807) is 6.20 Å². The fourth-order valence-corrected chi connectivity index (χ4v) is 2.31. The minimum Gasteiger partial charge on any atom is -0.307 e. The number of aromatic nitrogens is 2. The fourth-order valence-electron chi connectivity index (χ4n) is 1.57. The van der Waals surface area contributed by atoms with Crippen LogP contribution in [0, 0.1) is 0 Å². The largest absolute Gasteiger partial charge is 0.307 e. The number of hydrogen-bond donors (Lipinski definition) is 1. The van der Waals surface area contributed by atoms with E-state index in [0.29, 0.717) is 0 Å². The summed E-state index contributed by atoms with van der Waals surface area (Å²) in [6, 6.07) is 7.91. The number of rotatable bonds is 4. The van der Waals surface area contributed by atoms with Gasteiger partial charge in [0.2, 0.25) is 0 Å². The van der Waals surface area contributed by atoms with Crippen molar-refractivity contribution in [1.29, 1.82) is 0 Å². The van der Waals surface area contributed by atoms with Crippen molar-refractivity contribution in [3.8, 4) is 0 Å². The van der Waals surface area contributed by atoms with Crippen molar-refractivity contribution in [2.45, 2.75) is 13.1 Å². The summed E-state index contributed by atoms with van der Waals surface area (Å²) in [5.74, 6) is 0. The molecule has 0 spiro atoms. The van der Waals surface area contributed by atoms with Crippen LogP contribution in [-0.2, 0) is 20.1 Å². The van der Waals surface area contributed by atoms with Gasteiger partial charge in [0.25, 0.3) is 0 Å². The number of nitrogens with one attached hydrogen (secondary N) is 1. The average molecular weight is 315 g/mol. The maximum atomic E-state index is 6.13. The molecule has 2 rings (SSSR count). The Hall–Kier alpha value is -0.840. The molecule has 0 radical (unpaired) electrons. The molecule has 0 saturated carbocycles. The molecule has 1 aromatic carbocycles. The summed E-state index contributed by atoms with van der Waals surface area (Å²) in [4.78, 5) is 0. The van der Waals surface area contributed by atoms with Crippen molar-refractivity contribution < 1.29 is 0 Å². The van der Waals surface area contributed by atoms with E-state index in [4.69, 9.17) is 11.6 Å². The number of hydrogen-bond acceptors (Lipinski definition) is 2. The summed E-state index contributed by atoms with van der Waals surface area (Å²) in [6.45, 7) is 1.53. The molecule has 0 aliphatic rings. The van der Waals surface area contributed by atoms with Crippen LogP contribution >= 0.6 is 27.5 Å². The molecule has 0 fully saturated rings. The summed E-state index contributed by atoms with van der Waals surface area (Å²) in [5.41, 5.74) is 2.25. The summed E-state index contributed by atoms with van der Waals surface area (Å²) in [6.07, 6.45) is 1.80. The highest BCUT2D eigenvalue weighted by molar-refractivity contribution is 9.10. The molecule has 2 aromatic rings. The van der Waals surface area contributed by atoms with E-state index in [2.05, 4.69) is 26.3 Å². The Morgan fingerprint density at radius 3 is 2.82 bits per heavy atom. The molecule has 0 unspecified atom stereocenters. The van der Waals surface area contributed by atoms with Gasteiger partial charge in [-0.2, -0.15) is 5.10 Å². The molecular weight excluding hydrogens is 302 g/mol. The Morgan fingerprint density at radius 1 is 1.35 bits per heavy atom. The van der Waals surface area contributed by atoms with Gasteiger partial charge in [-0.25, -0.2) is 0 Å². The molecular formula is C12H13BrClN3. The molecule has 5 heteroatoms. The second kappa shape index (κ2) is 5.67. The zero-order valence-electron chi connectivity index (χ0n) is 9.45. The second-order valence-corrected chi connectivity index (χ2v) is 5.11. The Bertz CT molecular complexity index is 510. The SMILES string of the molecule is Cn1nccc1CNCc1ccc(Br)cc1Cl. The highest BCUT2D eigenvalue weighted by Crippen LogP contribution is 2.21. The standard InChI is InChI=1S/C12H13BrClN3/c1-17-11(4-5-16-17)8-15-7-9-2-3-10(13)6-12(9)14/h2-6,15H,7-8H2,1H3. The first-order valence-electron chi connectivity index (χ1n) is 5.28. The van der Waals surface area contributed by atoms with E-state index in [-0.39, 0.29) is 0 Å². The molecule has 0 aliphatic carbocycles. The first-order valence-corrected chi connectivity index (χ1v) is 6.45. The van der Waals surface area contributed by atoms with Crippen LogP contribution in [0.3, 0.4) is 0 Å². The van der Waals surface area contributed by atoms with Crippen LogP contribution in [-0.4, -0.2) is 9.78 Å². The third-order valence-corrected chi connectivity index (χ3v) is 3.40. The lowest BCUT2D eigenvalue weighted by Gasteiger charge is -2.07. The Morgan fingerprint density at radius 2 is 2.18 bits per heavy atom. The zero-order valence-corrected chi connectivity index (χ0v) is 11.8. The highest BCUT2D eigenvalue weighted by Gasteiger charge is 2.02. The fraction of sp³-hybridized carbons (Fsp3) is 0.250. The summed E-state index contributed by atoms with van der Waals surface area (Å²) in [7, 11) is 1.93. The lowest BCUT2D eigenvalue weighted by atomic mass is 10.2. The highest BCUT2D eigenvalue weighted by atomic mass is 79.9. The van der Waals surface area contributed by atoms with Crippen molar-refractivity contribution in [2.75, 3.05) is 0 Å². The molecule has 0 atom stereocenters. The van der Waals surface area contributed by atoms with Gasteiger partial charge in [0, 0.05) is 35.8 Å². The predicted molar refractivity (Wildman–Crippen MR) is 72.9 cm³/mol. The molecule has 3 nitrogen and oxygen atoms in total. The van der Waals surface area contributed by atoms with Crippen LogP contribution in [0.2, 0.25) is 5.02 Å². The smallest absolute Gasteiger partial charge is 0.0518 e. The monoisotopic (exact) mass is 313 g/mol. The third kappa shape index (κ3) is 3.31. The van der Waals surface area contributed by atoms with Gasteiger partial charge < -0.3 is 5.32 Å². The minimum absolute atomic E-state index is 0.747. The number of benzene rings is 1. The Labute approximate surface area is 114 Å². The Kier molecular flexibility index (Phi) is 4.20. The lowest BCUT2D eigenvalue weighted by Crippen LogP contribution is -2.15. The first-order chi connectivity index (χ1) is 8.16. The van der Waals surface area contributed by atoms with Crippen molar-refractivity contribution in [3.05, 3.63) is 51.2 Å². The number of nitrogens with zero attached hydrogens (tertiary/aromatic N) is 2. The topological polar surface area (TPSA) is 29.9 Å².